The molecule has 0 amide bonds. The minimum Gasteiger partial charge on any atom is -0.436 e. The summed E-state index contributed by atoms with van der Waals surface area (Å²) in [5, 5.41) is 0. The lowest BCUT2D eigenvalue weighted by Crippen LogP contribution is -1.87. The van der Waals surface area contributed by atoms with Crippen LogP contribution in [0.5, 0.6) is 0 Å². The summed E-state index contributed by atoms with van der Waals surface area (Å²) in [4.78, 5) is 9.21. The Morgan fingerprint density at radius 3 is 2.37 bits per heavy atom. The Morgan fingerprint density at radius 1 is 0.926 bits per heavy atom. The zero-order valence-electron chi connectivity index (χ0n) is 15.8. The van der Waals surface area contributed by atoms with Gasteiger partial charge < -0.3 is 4.42 Å². The topological polar surface area (TPSA) is 38.4 Å². The van der Waals surface area contributed by atoms with Gasteiger partial charge in [0, 0.05) is 11.8 Å². The Morgan fingerprint density at radius 2 is 1.67 bits per heavy atom. The number of hydrogen-bond acceptors (Lipinski definition) is 3. The molecule has 0 bridgehead atoms. The highest BCUT2D eigenvalue weighted by molar-refractivity contribution is 5.84. The van der Waals surface area contributed by atoms with Gasteiger partial charge in [-0.15, -0.1) is 0 Å². The Balaban J connectivity index is 1.58. The molecule has 4 aromatic rings. The standard InChI is InChI=1S/C24H22N2O/c1-16(2)19-10-6-18(7-11-19)15-25-21-12-13-23-22(14-21)26-24(27-23)20-8-4-17(3)5-9-20/h4-16H,1-3H3. The Kier molecular flexibility index (Phi) is 4.59. The van der Waals surface area contributed by atoms with Gasteiger partial charge in [-0.25, -0.2) is 4.98 Å². The minimum atomic E-state index is 0.535. The molecule has 0 radical (unpaired) electrons. The van der Waals surface area contributed by atoms with Gasteiger partial charge in [0.1, 0.15) is 5.52 Å². The summed E-state index contributed by atoms with van der Waals surface area (Å²) in [5.74, 6) is 1.17. The fourth-order valence-corrected chi connectivity index (χ4v) is 2.93. The molecule has 0 spiro atoms. The van der Waals surface area contributed by atoms with Crippen LogP contribution in [-0.2, 0) is 0 Å². The van der Waals surface area contributed by atoms with Crippen molar-refractivity contribution in [3.05, 3.63) is 83.4 Å². The SMILES string of the molecule is Cc1ccc(-c2nc3cc(N=Cc4ccc(C(C)C)cc4)ccc3o2)cc1. The van der Waals surface area contributed by atoms with Crippen molar-refractivity contribution in [2.45, 2.75) is 26.7 Å². The maximum atomic E-state index is 5.88. The van der Waals surface area contributed by atoms with Crippen molar-refractivity contribution in [1.29, 1.82) is 0 Å². The van der Waals surface area contributed by atoms with Gasteiger partial charge in [0.05, 0.1) is 5.69 Å². The molecule has 0 aliphatic heterocycles. The summed E-state index contributed by atoms with van der Waals surface area (Å²) < 4.78 is 5.88. The van der Waals surface area contributed by atoms with E-state index in [0.29, 0.717) is 11.8 Å². The molecule has 0 saturated carbocycles. The van der Waals surface area contributed by atoms with Crippen LogP contribution in [0, 0.1) is 6.92 Å². The molecule has 0 saturated heterocycles. The molecule has 0 atom stereocenters. The van der Waals surface area contributed by atoms with Gasteiger partial charge in [0.15, 0.2) is 5.58 Å². The first-order valence-electron chi connectivity index (χ1n) is 9.20. The molecule has 134 valence electrons. The molecule has 1 aromatic heterocycles. The predicted molar refractivity (Wildman–Crippen MR) is 112 cm³/mol. The van der Waals surface area contributed by atoms with Gasteiger partial charge in [-0.2, -0.15) is 0 Å². The monoisotopic (exact) mass is 354 g/mol. The third-order valence-corrected chi connectivity index (χ3v) is 4.64. The quantitative estimate of drug-likeness (QED) is 0.383. The number of oxazole rings is 1. The van der Waals surface area contributed by atoms with Crippen molar-refractivity contribution in [3.8, 4) is 11.5 Å². The van der Waals surface area contributed by atoms with E-state index in [4.69, 9.17) is 4.42 Å². The molecule has 0 fully saturated rings. The Bertz CT molecular complexity index is 1090. The molecule has 0 aliphatic carbocycles. The van der Waals surface area contributed by atoms with Gasteiger partial charge in [-0.1, -0.05) is 55.8 Å². The molecule has 1 heterocycles. The van der Waals surface area contributed by atoms with Gasteiger partial charge in [0.25, 0.3) is 0 Å². The van der Waals surface area contributed by atoms with E-state index in [9.17, 15) is 0 Å². The average molecular weight is 354 g/mol. The van der Waals surface area contributed by atoms with Crippen molar-refractivity contribution in [3.63, 3.8) is 0 Å². The van der Waals surface area contributed by atoms with Crippen LogP contribution in [0.3, 0.4) is 0 Å². The molecule has 0 aliphatic rings. The summed E-state index contributed by atoms with van der Waals surface area (Å²) in [7, 11) is 0. The summed E-state index contributed by atoms with van der Waals surface area (Å²) >= 11 is 0. The second kappa shape index (κ2) is 7.20. The van der Waals surface area contributed by atoms with E-state index in [2.05, 4.69) is 67.1 Å². The smallest absolute Gasteiger partial charge is 0.227 e. The van der Waals surface area contributed by atoms with Gasteiger partial charge in [-0.05, 0) is 54.3 Å². The lowest BCUT2D eigenvalue weighted by atomic mass is 10.0. The number of rotatable bonds is 4. The van der Waals surface area contributed by atoms with E-state index < -0.39 is 0 Å². The van der Waals surface area contributed by atoms with Crippen molar-refractivity contribution < 1.29 is 4.42 Å². The highest BCUT2D eigenvalue weighted by Gasteiger charge is 2.08. The molecule has 3 heteroatoms. The molecular formula is C24H22N2O. The van der Waals surface area contributed by atoms with Crippen LogP contribution in [0.15, 0.2) is 76.1 Å². The fourth-order valence-electron chi connectivity index (χ4n) is 2.93. The molecule has 0 N–H and O–H groups in total. The number of hydrogen-bond donors (Lipinski definition) is 0. The van der Waals surface area contributed by atoms with E-state index >= 15 is 0 Å². The van der Waals surface area contributed by atoms with Crippen LogP contribution in [0.4, 0.5) is 5.69 Å². The number of aromatic nitrogens is 1. The summed E-state index contributed by atoms with van der Waals surface area (Å²) in [6.07, 6.45) is 1.88. The number of nitrogens with zero attached hydrogens (tertiary/aromatic N) is 2. The van der Waals surface area contributed by atoms with Crippen LogP contribution in [0.1, 0.15) is 36.5 Å². The van der Waals surface area contributed by atoms with Gasteiger partial charge in [-0.3, -0.25) is 4.99 Å². The summed E-state index contributed by atoms with van der Waals surface area (Å²) in [6.45, 7) is 6.46. The van der Waals surface area contributed by atoms with E-state index in [1.165, 1.54) is 11.1 Å². The maximum absolute atomic E-state index is 5.88. The molecule has 3 aromatic carbocycles. The van der Waals surface area contributed by atoms with Crippen LogP contribution in [0.25, 0.3) is 22.6 Å². The second-order valence-electron chi connectivity index (χ2n) is 7.12. The Hall–Kier alpha value is -3.20. The maximum Gasteiger partial charge on any atom is 0.227 e. The largest absolute Gasteiger partial charge is 0.436 e. The Labute approximate surface area is 159 Å². The lowest BCUT2D eigenvalue weighted by molar-refractivity contribution is 0.620. The summed E-state index contributed by atoms with van der Waals surface area (Å²) in [6, 6.07) is 22.5. The van der Waals surface area contributed by atoms with Crippen LogP contribution >= 0.6 is 0 Å². The molecular weight excluding hydrogens is 332 g/mol. The first kappa shape index (κ1) is 17.2. The lowest BCUT2D eigenvalue weighted by Gasteiger charge is -2.04. The van der Waals surface area contributed by atoms with Crippen molar-refractivity contribution in [1.82, 2.24) is 4.98 Å². The predicted octanol–water partition coefficient (Wildman–Crippen LogP) is 6.68. The highest BCUT2D eigenvalue weighted by Crippen LogP contribution is 2.27. The minimum absolute atomic E-state index is 0.535. The van der Waals surface area contributed by atoms with Gasteiger partial charge >= 0.3 is 0 Å². The van der Waals surface area contributed by atoms with Crippen molar-refractivity contribution in [2.24, 2.45) is 4.99 Å². The number of aryl methyl sites for hydroxylation is 1. The van der Waals surface area contributed by atoms with E-state index in [1.54, 1.807) is 0 Å². The molecule has 3 nitrogen and oxygen atoms in total. The first-order chi connectivity index (χ1) is 13.1. The van der Waals surface area contributed by atoms with Crippen LogP contribution < -0.4 is 0 Å². The average Bonchev–Trinajstić information content (AvgIpc) is 3.10. The van der Waals surface area contributed by atoms with E-state index in [1.807, 2.05) is 36.5 Å². The number of fused-ring (bicyclic) bond motifs is 1. The number of aliphatic imine (C=N–C) groups is 1. The zero-order chi connectivity index (χ0) is 18.8. The fraction of sp³-hybridized carbons (Fsp3) is 0.167. The van der Waals surface area contributed by atoms with Crippen LogP contribution in [-0.4, -0.2) is 11.2 Å². The van der Waals surface area contributed by atoms with E-state index in [0.717, 1.165) is 27.9 Å². The second-order valence-corrected chi connectivity index (χ2v) is 7.12. The van der Waals surface area contributed by atoms with Gasteiger partial charge in [0.2, 0.25) is 5.89 Å². The zero-order valence-corrected chi connectivity index (χ0v) is 15.8. The summed E-state index contributed by atoms with van der Waals surface area (Å²) in [5.41, 5.74) is 7.06. The first-order valence-corrected chi connectivity index (χ1v) is 9.20. The van der Waals surface area contributed by atoms with Crippen LogP contribution in [0.2, 0.25) is 0 Å². The molecule has 4 rings (SSSR count). The third kappa shape index (κ3) is 3.82. The van der Waals surface area contributed by atoms with E-state index in [-0.39, 0.29) is 0 Å². The highest BCUT2D eigenvalue weighted by atomic mass is 16.3. The molecule has 0 unspecified atom stereocenters. The van der Waals surface area contributed by atoms with Crippen molar-refractivity contribution >= 4 is 23.0 Å². The third-order valence-electron chi connectivity index (χ3n) is 4.64. The number of benzene rings is 3. The van der Waals surface area contributed by atoms with Crippen molar-refractivity contribution in [2.75, 3.05) is 0 Å². The molecule has 27 heavy (non-hydrogen) atoms. The normalized spacial score (nSPS) is 11.7.